The van der Waals surface area contributed by atoms with Crippen LogP contribution >= 0.6 is 0 Å². The zero-order valence-electron chi connectivity index (χ0n) is 12.3. The van der Waals surface area contributed by atoms with Gasteiger partial charge in [0.05, 0.1) is 0 Å². The second-order valence-electron chi connectivity index (χ2n) is 5.98. The molecule has 1 aliphatic heterocycles. The molecule has 106 valence electrons. The highest BCUT2D eigenvalue weighted by Crippen LogP contribution is 2.15. The number of nitrogens with zero attached hydrogens (tertiary/aromatic N) is 1. The van der Waals surface area contributed by atoms with E-state index in [2.05, 4.69) is 31.0 Å². The summed E-state index contributed by atoms with van der Waals surface area (Å²) in [6.45, 7) is 9.12. The van der Waals surface area contributed by atoms with Crippen molar-refractivity contribution in [3.63, 3.8) is 0 Å². The first-order chi connectivity index (χ1) is 9.04. The molecule has 0 radical (unpaired) electrons. The van der Waals surface area contributed by atoms with E-state index in [1.165, 1.54) is 12.0 Å². The Labute approximate surface area is 116 Å². The number of rotatable bonds is 4. The molecule has 0 amide bonds. The Balaban J connectivity index is 1.83. The SMILES string of the molecule is CC1CN(C(C)CCc2ccc(O)cc2)CC(C)N1. The molecule has 19 heavy (non-hydrogen) atoms. The van der Waals surface area contributed by atoms with Gasteiger partial charge in [0.15, 0.2) is 0 Å². The van der Waals surface area contributed by atoms with E-state index in [1.54, 1.807) is 12.1 Å². The summed E-state index contributed by atoms with van der Waals surface area (Å²) < 4.78 is 0. The molecule has 3 heteroatoms. The van der Waals surface area contributed by atoms with E-state index >= 15 is 0 Å². The maximum absolute atomic E-state index is 9.28. The molecule has 2 N–H and O–H groups in total. The van der Waals surface area contributed by atoms with Crippen molar-refractivity contribution in [1.82, 2.24) is 10.2 Å². The van der Waals surface area contributed by atoms with Crippen molar-refractivity contribution in [2.75, 3.05) is 13.1 Å². The molecule has 1 saturated heterocycles. The van der Waals surface area contributed by atoms with Crippen LogP contribution in [0, 0.1) is 0 Å². The molecule has 1 fully saturated rings. The molecule has 2 rings (SSSR count). The highest BCUT2D eigenvalue weighted by Gasteiger charge is 2.24. The molecule has 0 aromatic heterocycles. The number of benzene rings is 1. The lowest BCUT2D eigenvalue weighted by atomic mass is 10.0. The third-order valence-electron chi connectivity index (χ3n) is 4.00. The van der Waals surface area contributed by atoms with Gasteiger partial charge in [-0.1, -0.05) is 12.1 Å². The summed E-state index contributed by atoms with van der Waals surface area (Å²) in [6.07, 6.45) is 2.25. The van der Waals surface area contributed by atoms with Gasteiger partial charge >= 0.3 is 0 Å². The average molecular weight is 262 g/mol. The van der Waals surface area contributed by atoms with Crippen LogP contribution in [0.4, 0.5) is 0 Å². The van der Waals surface area contributed by atoms with Gasteiger partial charge in [-0.05, 0) is 51.3 Å². The van der Waals surface area contributed by atoms with Gasteiger partial charge in [-0.3, -0.25) is 4.90 Å². The van der Waals surface area contributed by atoms with Crippen LogP contribution in [0.3, 0.4) is 0 Å². The van der Waals surface area contributed by atoms with Crippen LogP contribution in [-0.2, 0) is 6.42 Å². The summed E-state index contributed by atoms with van der Waals surface area (Å²) in [5, 5.41) is 12.9. The first kappa shape index (κ1) is 14.4. The van der Waals surface area contributed by atoms with Crippen molar-refractivity contribution in [2.24, 2.45) is 0 Å². The minimum atomic E-state index is 0.349. The molecule has 0 bridgehead atoms. The number of phenols is 1. The standard InChI is InChI=1S/C16H26N2O/c1-12-10-18(11-13(2)17-12)14(3)4-5-15-6-8-16(19)9-7-15/h6-9,12-14,17,19H,4-5,10-11H2,1-3H3. The Hall–Kier alpha value is -1.06. The van der Waals surface area contributed by atoms with E-state index in [0.29, 0.717) is 23.9 Å². The third kappa shape index (κ3) is 4.22. The fraction of sp³-hybridized carbons (Fsp3) is 0.625. The van der Waals surface area contributed by atoms with E-state index in [-0.39, 0.29) is 0 Å². The maximum atomic E-state index is 9.28. The van der Waals surface area contributed by atoms with Crippen molar-refractivity contribution in [1.29, 1.82) is 0 Å². The predicted molar refractivity (Wildman–Crippen MR) is 79.5 cm³/mol. The zero-order chi connectivity index (χ0) is 13.8. The monoisotopic (exact) mass is 262 g/mol. The Morgan fingerprint density at radius 2 is 1.79 bits per heavy atom. The first-order valence-electron chi connectivity index (χ1n) is 7.32. The summed E-state index contributed by atoms with van der Waals surface area (Å²) in [7, 11) is 0. The minimum absolute atomic E-state index is 0.349. The third-order valence-corrected chi connectivity index (χ3v) is 4.00. The van der Waals surface area contributed by atoms with Crippen LogP contribution in [0.2, 0.25) is 0 Å². The van der Waals surface area contributed by atoms with Gasteiger partial charge in [0.2, 0.25) is 0 Å². The molecular weight excluding hydrogens is 236 g/mol. The molecule has 1 aromatic rings. The predicted octanol–water partition coefficient (Wildman–Crippen LogP) is 2.40. The fourth-order valence-corrected chi connectivity index (χ4v) is 2.95. The van der Waals surface area contributed by atoms with Gasteiger partial charge in [-0.25, -0.2) is 0 Å². The molecule has 0 aliphatic carbocycles. The van der Waals surface area contributed by atoms with Gasteiger partial charge in [-0.2, -0.15) is 0 Å². The highest BCUT2D eigenvalue weighted by molar-refractivity contribution is 5.25. The topological polar surface area (TPSA) is 35.5 Å². The second kappa shape index (κ2) is 6.40. The van der Waals surface area contributed by atoms with Crippen LogP contribution < -0.4 is 5.32 Å². The molecular formula is C16H26N2O. The smallest absolute Gasteiger partial charge is 0.115 e. The minimum Gasteiger partial charge on any atom is -0.508 e. The summed E-state index contributed by atoms with van der Waals surface area (Å²) in [5.41, 5.74) is 1.31. The lowest BCUT2D eigenvalue weighted by Crippen LogP contribution is -2.56. The fourth-order valence-electron chi connectivity index (χ4n) is 2.95. The first-order valence-corrected chi connectivity index (χ1v) is 7.32. The van der Waals surface area contributed by atoms with Crippen molar-refractivity contribution >= 4 is 0 Å². The zero-order valence-corrected chi connectivity index (χ0v) is 12.3. The van der Waals surface area contributed by atoms with Crippen molar-refractivity contribution in [3.05, 3.63) is 29.8 Å². The number of hydrogen-bond acceptors (Lipinski definition) is 3. The molecule has 3 unspecified atom stereocenters. The highest BCUT2D eigenvalue weighted by atomic mass is 16.3. The molecule has 3 nitrogen and oxygen atoms in total. The molecule has 0 spiro atoms. The number of nitrogens with one attached hydrogen (secondary N) is 1. The second-order valence-corrected chi connectivity index (χ2v) is 5.98. The van der Waals surface area contributed by atoms with Gasteiger partial charge in [-0.15, -0.1) is 0 Å². The molecule has 3 atom stereocenters. The maximum Gasteiger partial charge on any atom is 0.115 e. The van der Waals surface area contributed by atoms with Gasteiger partial charge < -0.3 is 10.4 Å². The van der Waals surface area contributed by atoms with E-state index in [1.807, 2.05) is 12.1 Å². The molecule has 1 aliphatic rings. The van der Waals surface area contributed by atoms with Crippen LogP contribution in [0.15, 0.2) is 24.3 Å². The number of hydrogen-bond donors (Lipinski definition) is 2. The molecule has 1 aromatic carbocycles. The summed E-state index contributed by atoms with van der Waals surface area (Å²) in [5.74, 6) is 0.349. The number of aromatic hydroxyl groups is 1. The lowest BCUT2D eigenvalue weighted by Gasteiger charge is -2.39. The Bertz CT molecular complexity index is 380. The summed E-state index contributed by atoms with van der Waals surface area (Å²) in [4.78, 5) is 2.59. The molecule has 1 heterocycles. The van der Waals surface area contributed by atoms with Crippen LogP contribution in [0.5, 0.6) is 5.75 Å². The Kier molecular flexibility index (Phi) is 4.83. The van der Waals surface area contributed by atoms with Crippen LogP contribution in [0.25, 0.3) is 0 Å². The number of phenolic OH excluding ortho intramolecular Hbond substituents is 1. The van der Waals surface area contributed by atoms with Crippen molar-refractivity contribution < 1.29 is 5.11 Å². The van der Waals surface area contributed by atoms with E-state index in [4.69, 9.17) is 0 Å². The van der Waals surface area contributed by atoms with Crippen LogP contribution in [0.1, 0.15) is 32.8 Å². The van der Waals surface area contributed by atoms with Gasteiger partial charge in [0.1, 0.15) is 5.75 Å². The molecule has 0 saturated carbocycles. The van der Waals surface area contributed by atoms with E-state index < -0.39 is 0 Å². The normalized spacial score (nSPS) is 26.3. The summed E-state index contributed by atoms with van der Waals surface area (Å²) >= 11 is 0. The summed E-state index contributed by atoms with van der Waals surface area (Å²) in [6, 6.07) is 9.36. The average Bonchev–Trinajstić information content (AvgIpc) is 2.36. The number of aryl methyl sites for hydroxylation is 1. The lowest BCUT2D eigenvalue weighted by molar-refractivity contribution is 0.126. The number of piperazine rings is 1. The quantitative estimate of drug-likeness (QED) is 0.874. The Morgan fingerprint density at radius 3 is 2.37 bits per heavy atom. The van der Waals surface area contributed by atoms with E-state index in [0.717, 1.165) is 19.5 Å². The van der Waals surface area contributed by atoms with E-state index in [9.17, 15) is 5.11 Å². The largest absolute Gasteiger partial charge is 0.508 e. The van der Waals surface area contributed by atoms with Crippen molar-refractivity contribution in [2.45, 2.75) is 51.7 Å². The Morgan fingerprint density at radius 1 is 1.21 bits per heavy atom. The van der Waals surface area contributed by atoms with Crippen molar-refractivity contribution in [3.8, 4) is 5.75 Å². The van der Waals surface area contributed by atoms with Crippen LogP contribution in [-0.4, -0.2) is 41.2 Å². The van der Waals surface area contributed by atoms with Gasteiger partial charge in [0.25, 0.3) is 0 Å². The van der Waals surface area contributed by atoms with Gasteiger partial charge in [0, 0.05) is 31.2 Å².